The molecular formula is C11H21N3O3Si. The molecule has 0 unspecified atom stereocenters. The molecule has 6 nitrogen and oxygen atoms in total. The topological polar surface area (TPSA) is 66.2 Å². The Labute approximate surface area is 108 Å². The summed E-state index contributed by atoms with van der Waals surface area (Å²) < 4.78 is 11.8. The van der Waals surface area contributed by atoms with E-state index in [2.05, 4.69) is 30.0 Å². The van der Waals surface area contributed by atoms with Crippen molar-refractivity contribution in [2.75, 3.05) is 13.2 Å². The maximum atomic E-state index is 11.5. The number of nitrogens with zero attached hydrogens (tertiary/aromatic N) is 3. The van der Waals surface area contributed by atoms with E-state index in [1.807, 2.05) is 0 Å². The third kappa shape index (κ3) is 4.97. The quantitative estimate of drug-likeness (QED) is 0.429. The van der Waals surface area contributed by atoms with Crippen molar-refractivity contribution in [3.63, 3.8) is 0 Å². The first-order chi connectivity index (χ1) is 8.44. The van der Waals surface area contributed by atoms with Crippen LogP contribution in [-0.2, 0) is 16.2 Å². The largest absolute Gasteiger partial charge is 0.461 e. The van der Waals surface area contributed by atoms with Crippen molar-refractivity contribution in [2.24, 2.45) is 0 Å². The van der Waals surface area contributed by atoms with Crippen LogP contribution in [0, 0.1) is 0 Å². The standard InChI is InChI=1S/C11H21N3O3Si/c1-5-17-11(15)10-8-12-13-14(10)9-16-6-7-18(2,3)4/h8H,5-7,9H2,1-4H3. The normalized spacial score (nSPS) is 11.6. The van der Waals surface area contributed by atoms with Gasteiger partial charge in [-0.15, -0.1) is 5.10 Å². The lowest BCUT2D eigenvalue weighted by molar-refractivity contribution is 0.0454. The minimum atomic E-state index is -1.09. The average Bonchev–Trinajstić information content (AvgIpc) is 2.71. The number of aromatic nitrogens is 3. The second-order valence-electron chi connectivity index (χ2n) is 5.19. The average molecular weight is 271 g/mol. The molecule has 0 aliphatic rings. The van der Waals surface area contributed by atoms with Crippen LogP contribution in [0.4, 0.5) is 0 Å². The van der Waals surface area contributed by atoms with Gasteiger partial charge >= 0.3 is 5.97 Å². The highest BCUT2D eigenvalue weighted by Crippen LogP contribution is 2.08. The van der Waals surface area contributed by atoms with Gasteiger partial charge in [0.1, 0.15) is 6.73 Å². The molecule has 0 aromatic carbocycles. The molecule has 0 saturated carbocycles. The SMILES string of the molecule is CCOC(=O)c1cnnn1COCC[Si](C)(C)C. The van der Waals surface area contributed by atoms with Gasteiger partial charge in [0, 0.05) is 14.7 Å². The minimum Gasteiger partial charge on any atom is -0.461 e. The molecule has 1 aromatic heterocycles. The van der Waals surface area contributed by atoms with Crippen molar-refractivity contribution in [3.8, 4) is 0 Å². The predicted molar refractivity (Wildman–Crippen MR) is 70.1 cm³/mol. The molecule has 0 atom stereocenters. The summed E-state index contributed by atoms with van der Waals surface area (Å²) in [5.41, 5.74) is 0.324. The molecule has 7 heteroatoms. The van der Waals surface area contributed by atoms with Crippen LogP contribution in [0.25, 0.3) is 0 Å². The summed E-state index contributed by atoms with van der Waals surface area (Å²) in [4.78, 5) is 11.5. The Kier molecular flexibility index (Phi) is 5.48. The van der Waals surface area contributed by atoms with Gasteiger partial charge in [0.2, 0.25) is 0 Å². The zero-order chi connectivity index (χ0) is 13.6. The van der Waals surface area contributed by atoms with E-state index in [1.54, 1.807) is 6.92 Å². The summed E-state index contributed by atoms with van der Waals surface area (Å²) in [5, 5.41) is 7.50. The van der Waals surface area contributed by atoms with Crippen molar-refractivity contribution >= 4 is 14.0 Å². The fourth-order valence-electron chi connectivity index (χ4n) is 1.25. The van der Waals surface area contributed by atoms with Crippen LogP contribution in [0.5, 0.6) is 0 Å². The second kappa shape index (κ2) is 6.65. The fraction of sp³-hybridized carbons (Fsp3) is 0.727. The summed E-state index contributed by atoms with van der Waals surface area (Å²) >= 11 is 0. The zero-order valence-corrected chi connectivity index (χ0v) is 12.5. The van der Waals surface area contributed by atoms with E-state index in [1.165, 1.54) is 10.9 Å². The lowest BCUT2D eigenvalue weighted by Gasteiger charge is -2.15. The summed E-state index contributed by atoms with van der Waals surface area (Å²) in [6.45, 7) is 9.87. The van der Waals surface area contributed by atoms with Gasteiger partial charge < -0.3 is 9.47 Å². The highest BCUT2D eigenvalue weighted by Gasteiger charge is 2.15. The molecule has 102 valence electrons. The number of ether oxygens (including phenoxy) is 2. The third-order valence-corrected chi connectivity index (χ3v) is 4.02. The number of carbonyl (C=O) groups is 1. The monoisotopic (exact) mass is 271 g/mol. The smallest absolute Gasteiger partial charge is 0.358 e. The van der Waals surface area contributed by atoms with E-state index in [-0.39, 0.29) is 6.73 Å². The van der Waals surface area contributed by atoms with E-state index in [0.29, 0.717) is 18.9 Å². The third-order valence-electron chi connectivity index (χ3n) is 2.31. The van der Waals surface area contributed by atoms with Gasteiger partial charge in [0.05, 0.1) is 12.8 Å². The first-order valence-electron chi connectivity index (χ1n) is 6.07. The number of hydrogen-bond acceptors (Lipinski definition) is 5. The number of hydrogen-bond donors (Lipinski definition) is 0. The number of esters is 1. The molecule has 0 amide bonds. The molecule has 1 heterocycles. The van der Waals surface area contributed by atoms with Crippen molar-refractivity contribution in [1.82, 2.24) is 15.0 Å². The lowest BCUT2D eigenvalue weighted by atomic mass is 10.5. The van der Waals surface area contributed by atoms with Crippen molar-refractivity contribution in [2.45, 2.75) is 39.3 Å². The highest BCUT2D eigenvalue weighted by atomic mass is 28.3. The van der Waals surface area contributed by atoms with Crippen molar-refractivity contribution in [3.05, 3.63) is 11.9 Å². The van der Waals surface area contributed by atoms with Gasteiger partial charge in [-0.1, -0.05) is 24.9 Å². The van der Waals surface area contributed by atoms with E-state index in [4.69, 9.17) is 9.47 Å². The van der Waals surface area contributed by atoms with Crippen LogP contribution in [0.2, 0.25) is 25.7 Å². The van der Waals surface area contributed by atoms with Crippen molar-refractivity contribution < 1.29 is 14.3 Å². The Balaban J connectivity index is 2.43. The van der Waals surface area contributed by atoms with Gasteiger partial charge in [-0.25, -0.2) is 9.48 Å². The molecule has 18 heavy (non-hydrogen) atoms. The van der Waals surface area contributed by atoms with Crippen LogP contribution in [-0.4, -0.2) is 42.3 Å². The van der Waals surface area contributed by atoms with Crippen LogP contribution in [0.3, 0.4) is 0 Å². The maximum Gasteiger partial charge on any atom is 0.358 e. The molecule has 0 fully saturated rings. The number of carbonyl (C=O) groups excluding carboxylic acids is 1. The Hall–Kier alpha value is -1.21. The van der Waals surface area contributed by atoms with Gasteiger partial charge in [0.15, 0.2) is 5.69 Å². The van der Waals surface area contributed by atoms with Gasteiger partial charge in [0.25, 0.3) is 0 Å². The second-order valence-corrected chi connectivity index (χ2v) is 10.8. The van der Waals surface area contributed by atoms with Gasteiger partial charge in [-0.05, 0) is 13.0 Å². The Bertz CT molecular complexity index is 387. The first kappa shape index (κ1) is 14.8. The molecule has 0 radical (unpaired) electrons. The summed E-state index contributed by atoms with van der Waals surface area (Å²) in [6.07, 6.45) is 1.39. The molecule has 0 bridgehead atoms. The molecular weight excluding hydrogens is 250 g/mol. The first-order valence-corrected chi connectivity index (χ1v) is 9.78. The maximum absolute atomic E-state index is 11.5. The summed E-state index contributed by atoms with van der Waals surface area (Å²) in [6, 6.07) is 1.08. The van der Waals surface area contributed by atoms with Gasteiger partial charge in [-0.2, -0.15) is 0 Å². The summed E-state index contributed by atoms with van der Waals surface area (Å²) in [5.74, 6) is -0.420. The van der Waals surface area contributed by atoms with Crippen LogP contribution in [0.15, 0.2) is 6.20 Å². The van der Waals surface area contributed by atoms with E-state index < -0.39 is 14.0 Å². The van der Waals surface area contributed by atoms with E-state index >= 15 is 0 Å². The molecule has 1 aromatic rings. The lowest BCUT2D eigenvalue weighted by Crippen LogP contribution is -2.22. The molecule has 0 N–H and O–H groups in total. The molecule has 0 saturated heterocycles. The molecule has 0 aliphatic heterocycles. The minimum absolute atomic E-state index is 0.235. The van der Waals surface area contributed by atoms with Crippen molar-refractivity contribution in [1.29, 1.82) is 0 Å². The Morgan fingerprint density at radius 2 is 2.17 bits per heavy atom. The Morgan fingerprint density at radius 1 is 1.44 bits per heavy atom. The van der Waals surface area contributed by atoms with E-state index in [0.717, 1.165) is 6.04 Å². The molecule has 0 spiro atoms. The fourth-order valence-corrected chi connectivity index (χ4v) is 2.00. The molecule has 1 rings (SSSR count). The molecule has 0 aliphatic carbocycles. The number of rotatable bonds is 7. The van der Waals surface area contributed by atoms with Crippen LogP contribution < -0.4 is 0 Å². The Morgan fingerprint density at radius 3 is 2.78 bits per heavy atom. The highest BCUT2D eigenvalue weighted by molar-refractivity contribution is 6.76. The van der Waals surface area contributed by atoms with Crippen LogP contribution in [0.1, 0.15) is 17.4 Å². The van der Waals surface area contributed by atoms with Crippen LogP contribution >= 0.6 is 0 Å². The summed E-state index contributed by atoms with van der Waals surface area (Å²) in [7, 11) is -1.09. The van der Waals surface area contributed by atoms with E-state index in [9.17, 15) is 4.79 Å². The van der Waals surface area contributed by atoms with Gasteiger partial charge in [-0.3, -0.25) is 0 Å². The predicted octanol–water partition coefficient (Wildman–Crippen LogP) is 1.77. The zero-order valence-electron chi connectivity index (χ0n) is 11.5.